The average molecular weight is 404 g/mol. The zero-order valence-corrected chi connectivity index (χ0v) is 17.6. The largest absolute Gasteiger partial charge is 0.384 e. The monoisotopic (exact) mass is 403 g/mol. The molecule has 4 rings (SSSR count). The molecular weight excluding hydrogens is 378 g/mol. The van der Waals surface area contributed by atoms with E-state index < -0.39 is 0 Å². The number of thiazole rings is 1. The standard InChI is InChI=1S/C23H25N5S/c1-27(2)13-12-25-20-7-3-18(4-8-20)15-23-26-22(16-29-23)19-5-9-21(10-6-19)28-14-11-24-17-28/h3-11,14,16-17,25H,12-13,15H2,1-2H3. The van der Waals surface area contributed by atoms with Crippen molar-refractivity contribution in [1.29, 1.82) is 0 Å². The van der Waals surface area contributed by atoms with Gasteiger partial charge in [0.1, 0.15) is 0 Å². The Morgan fingerprint density at radius 1 is 1.03 bits per heavy atom. The molecule has 2 heterocycles. The zero-order valence-electron chi connectivity index (χ0n) is 16.7. The van der Waals surface area contributed by atoms with Gasteiger partial charge in [-0.05, 0) is 43.9 Å². The Hall–Kier alpha value is -2.96. The van der Waals surface area contributed by atoms with Gasteiger partial charge in [0.2, 0.25) is 0 Å². The molecule has 0 atom stereocenters. The number of anilines is 1. The first kappa shape index (κ1) is 19.4. The van der Waals surface area contributed by atoms with E-state index in [2.05, 4.69) is 83.2 Å². The number of benzene rings is 2. The van der Waals surface area contributed by atoms with Gasteiger partial charge in [-0.25, -0.2) is 9.97 Å². The molecule has 1 N–H and O–H groups in total. The summed E-state index contributed by atoms with van der Waals surface area (Å²) in [5.74, 6) is 0. The summed E-state index contributed by atoms with van der Waals surface area (Å²) >= 11 is 1.71. The highest BCUT2D eigenvalue weighted by atomic mass is 32.1. The van der Waals surface area contributed by atoms with Crippen LogP contribution < -0.4 is 5.32 Å². The van der Waals surface area contributed by atoms with Crippen LogP contribution in [0.5, 0.6) is 0 Å². The summed E-state index contributed by atoms with van der Waals surface area (Å²) in [4.78, 5) is 11.1. The smallest absolute Gasteiger partial charge is 0.0991 e. The molecule has 2 aromatic heterocycles. The van der Waals surface area contributed by atoms with Gasteiger partial charge in [0.25, 0.3) is 0 Å². The molecule has 5 nitrogen and oxygen atoms in total. The number of imidazole rings is 1. The highest BCUT2D eigenvalue weighted by molar-refractivity contribution is 7.10. The highest BCUT2D eigenvalue weighted by Crippen LogP contribution is 2.25. The van der Waals surface area contributed by atoms with E-state index in [0.29, 0.717) is 0 Å². The molecule has 29 heavy (non-hydrogen) atoms. The van der Waals surface area contributed by atoms with Crippen LogP contribution in [0.4, 0.5) is 5.69 Å². The molecule has 0 radical (unpaired) electrons. The average Bonchev–Trinajstić information content (AvgIpc) is 3.42. The number of hydrogen-bond acceptors (Lipinski definition) is 5. The van der Waals surface area contributed by atoms with Crippen LogP contribution >= 0.6 is 11.3 Å². The lowest BCUT2D eigenvalue weighted by molar-refractivity contribution is 0.425. The van der Waals surface area contributed by atoms with E-state index in [-0.39, 0.29) is 0 Å². The van der Waals surface area contributed by atoms with Crippen LogP contribution in [0.3, 0.4) is 0 Å². The summed E-state index contributed by atoms with van der Waals surface area (Å²) in [5, 5.41) is 6.72. The molecule has 0 saturated heterocycles. The Balaban J connectivity index is 1.38. The lowest BCUT2D eigenvalue weighted by Crippen LogP contribution is -2.20. The molecule has 4 aromatic rings. The molecule has 148 valence electrons. The third-order valence-corrected chi connectivity index (χ3v) is 5.56. The molecule has 0 bridgehead atoms. The van der Waals surface area contributed by atoms with Crippen LogP contribution in [0.2, 0.25) is 0 Å². The second-order valence-corrected chi connectivity index (χ2v) is 8.19. The topological polar surface area (TPSA) is 46.0 Å². The fraction of sp³-hybridized carbons (Fsp3) is 0.217. The van der Waals surface area contributed by atoms with Crippen LogP contribution in [-0.4, -0.2) is 46.6 Å². The van der Waals surface area contributed by atoms with Crippen LogP contribution in [0.1, 0.15) is 10.6 Å². The first-order chi connectivity index (χ1) is 14.2. The lowest BCUT2D eigenvalue weighted by Gasteiger charge is -2.11. The highest BCUT2D eigenvalue weighted by Gasteiger charge is 2.06. The third-order valence-electron chi connectivity index (χ3n) is 4.71. The van der Waals surface area contributed by atoms with Gasteiger partial charge in [0, 0.05) is 54.2 Å². The van der Waals surface area contributed by atoms with E-state index in [1.165, 1.54) is 5.56 Å². The minimum atomic E-state index is 0.857. The number of nitrogens with zero attached hydrogens (tertiary/aromatic N) is 4. The van der Waals surface area contributed by atoms with Gasteiger partial charge in [0.05, 0.1) is 17.0 Å². The predicted octanol–water partition coefficient (Wildman–Crippen LogP) is 4.56. The zero-order chi connectivity index (χ0) is 20.1. The Morgan fingerprint density at radius 3 is 2.52 bits per heavy atom. The summed E-state index contributed by atoms with van der Waals surface area (Å²) in [6.07, 6.45) is 6.39. The van der Waals surface area contributed by atoms with Crippen molar-refractivity contribution in [3.8, 4) is 16.9 Å². The van der Waals surface area contributed by atoms with Gasteiger partial charge in [0.15, 0.2) is 0 Å². The molecule has 0 aliphatic heterocycles. The van der Waals surface area contributed by atoms with Crippen molar-refractivity contribution >= 4 is 17.0 Å². The minimum Gasteiger partial charge on any atom is -0.384 e. The van der Waals surface area contributed by atoms with E-state index in [0.717, 1.165) is 47.2 Å². The second-order valence-electron chi connectivity index (χ2n) is 7.25. The van der Waals surface area contributed by atoms with E-state index >= 15 is 0 Å². The van der Waals surface area contributed by atoms with Gasteiger partial charge < -0.3 is 14.8 Å². The first-order valence-electron chi connectivity index (χ1n) is 9.68. The summed E-state index contributed by atoms with van der Waals surface area (Å²) in [6.45, 7) is 1.97. The minimum absolute atomic E-state index is 0.857. The fourth-order valence-corrected chi connectivity index (χ4v) is 3.92. The molecule has 0 amide bonds. The quantitative estimate of drug-likeness (QED) is 0.468. The van der Waals surface area contributed by atoms with Crippen LogP contribution in [-0.2, 0) is 6.42 Å². The van der Waals surface area contributed by atoms with Crippen molar-refractivity contribution in [3.63, 3.8) is 0 Å². The first-order valence-corrected chi connectivity index (χ1v) is 10.6. The normalized spacial score (nSPS) is 11.1. The number of likely N-dealkylation sites (N-methyl/N-ethyl adjacent to an activating group) is 1. The molecular formula is C23H25N5S. The number of hydrogen-bond donors (Lipinski definition) is 1. The summed E-state index contributed by atoms with van der Waals surface area (Å²) in [5.41, 5.74) is 5.70. The molecule has 0 aliphatic rings. The Morgan fingerprint density at radius 2 is 1.83 bits per heavy atom. The lowest BCUT2D eigenvalue weighted by atomic mass is 10.1. The maximum Gasteiger partial charge on any atom is 0.0991 e. The van der Waals surface area contributed by atoms with Crippen molar-refractivity contribution in [1.82, 2.24) is 19.4 Å². The van der Waals surface area contributed by atoms with Crippen molar-refractivity contribution in [2.75, 3.05) is 32.5 Å². The Labute approximate surface area is 175 Å². The van der Waals surface area contributed by atoms with Gasteiger partial charge in [-0.3, -0.25) is 0 Å². The van der Waals surface area contributed by atoms with Crippen LogP contribution in [0.15, 0.2) is 72.6 Å². The maximum atomic E-state index is 4.84. The fourth-order valence-electron chi connectivity index (χ4n) is 3.08. The second kappa shape index (κ2) is 9.03. The van der Waals surface area contributed by atoms with Gasteiger partial charge in [-0.15, -0.1) is 11.3 Å². The third kappa shape index (κ3) is 5.10. The van der Waals surface area contributed by atoms with E-state index in [1.807, 2.05) is 10.8 Å². The molecule has 0 unspecified atom stereocenters. The van der Waals surface area contributed by atoms with Crippen LogP contribution in [0, 0.1) is 0 Å². The van der Waals surface area contributed by atoms with Crippen molar-refractivity contribution in [2.45, 2.75) is 6.42 Å². The summed E-state index contributed by atoms with van der Waals surface area (Å²) in [7, 11) is 4.17. The Kier molecular flexibility index (Phi) is 6.03. The number of rotatable bonds is 8. The molecule has 0 spiro atoms. The van der Waals surface area contributed by atoms with E-state index in [1.54, 1.807) is 23.9 Å². The molecule has 0 saturated carbocycles. The Bertz CT molecular complexity index is 1020. The molecule has 0 aliphatic carbocycles. The molecule has 0 fully saturated rings. The molecule has 2 aromatic carbocycles. The van der Waals surface area contributed by atoms with Crippen LogP contribution in [0.25, 0.3) is 16.9 Å². The SMILES string of the molecule is CN(C)CCNc1ccc(Cc2nc(-c3ccc(-n4ccnc4)cc3)cs2)cc1. The maximum absolute atomic E-state index is 4.84. The summed E-state index contributed by atoms with van der Waals surface area (Å²) in [6, 6.07) is 17.1. The van der Waals surface area contributed by atoms with Gasteiger partial charge in [-0.2, -0.15) is 0 Å². The number of aromatic nitrogens is 3. The van der Waals surface area contributed by atoms with Gasteiger partial charge in [-0.1, -0.05) is 24.3 Å². The predicted molar refractivity (Wildman–Crippen MR) is 121 cm³/mol. The van der Waals surface area contributed by atoms with Crippen molar-refractivity contribution in [2.24, 2.45) is 0 Å². The van der Waals surface area contributed by atoms with Gasteiger partial charge >= 0.3 is 0 Å². The molecule has 6 heteroatoms. The number of nitrogens with one attached hydrogen (secondary N) is 1. The van der Waals surface area contributed by atoms with Crippen molar-refractivity contribution in [3.05, 3.63) is 83.2 Å². The van der Waals surface area contributed by atoms with E-state index in [4.69, 9.17) is 4.98 Å². The summed E-state index contributed by atoms with van der Waals surface area (Å²) < 4.78 is 2.00. The van der Waals surface area contributed by atoms with Crippen molar-refractivity contribution < 1.29 is 0 Å². The van der Waals surface area contributed by atoms with E-state index in [9.17, 15) is 0 Å².